The van der Waals surface area contributed by atoms with Crippen molar-refractivity contribution in [1.82, 2.24) is 4.98 Å². The van der Waals surface area contributed by atoms with E-state index < -0.39 is 11.7 Å². The third kappa shape index (κ3) is 5.02. The molecule has 0 amide bonds. The van der Waals surface area contributed by atoms with Gasteiger partial charge in [-0.05, 0) is 12.1 Å². The standard InChI is InChI=1S/C7H3F3N2.CN.Cu/c8-7(9,10)5-1-2-6(3-11)12-4-5;1-2;/h1-2,4H;;/q;-1;+1. The molecule has 0 fully saturated rings. The van der Waals surface area contributed by atoms with Gasteiger partial charge >= 0.3 is 23.2 Å². The minimum atomic E-state index is -4.39. The number of halogens is 3. The van der Waals surface area contributed by atoms with Gasteiger partial charge < -0.3 is 11.8 Å². The molecule has 0 radical (unpaired) electrons. The van der Waals surface area contributed by atoms with Crippen LogP contribution in [0.15, 0.2) is 18.3 Å². The summed E-state index contributed by atoms with van der Waals surface area (Å²) in [7, 11) is 0. The number of rotatable bonds is 0. The first-order chi connectivity index (χ1) is 6.54. The Balaban J connectivity index is 0. The smallest absolute Gasteiger partial charge is 0.512 e. The first-order valence-corrected chi connectivity index (χ1v) is 3.20. The molecule has 0 unspecified atom stereocenters. The quantitative estimate of drug-likeness (QED) is 0.531. The van der Waals surface area contributed by atoms with Gasteiger partial charge in [0.25, 0.3) is 0 Å². The van der Waals surface area contributed by atoms with Crippen LogP contribution in [0.4, 0.5) is 13.2 Å². The molecule has 0 aliphatic heterocycles. The maximum atomic E-state index is 11.9. The number of pyridine rings is 1. The van der Waals surface area contributed by atoms with Gasteiger partial charge in [0.15, 0.2) is 0 Å². The molecule has 0 spiro atoms. The number of nitrogens with zero attached hydrogens (tertiary/aromatic N) is 3. The molecular formula is C8H3CuF3N3. The van der Waals surface area contributed by atoms with Crippen LogP contribution in [0.3, 0.4) is 0 Å². The number of hydrogen-bond acceptors (Lipinski definition) is 3. The number of alkyl halides is 3. The van der Waals surface area contributed by atoms with Crippen molar-refractivity contribution in [3.05, 3.63) is 36.2 Å². The van der Waals surface area contributed by atoms with Crippen LogP contribution in [0.1, 0.15) is 11.3 Å². The summed E-state index contributed by atoms with van der Waals surface area (Å²) in [6, 6.07) is 3.48. The van der Waals surface area contributed by atoms with E-state index in [1.807, 2.05) is 0 Å². The Hall–Kier alpha value is -1.56. The summed E-state index contributed by atoms with van der Waals surface area (Å²) in [6.07, 6.45) is -3.75. The van der Waals surface area contributed by atoms with Gasteiger partial charge in [0.2, 0.25) is 0 Å². The van der Waals surface area contributed by atoms with Crippen LogP contribution in [-0.4, -0.2) is 4.98 Å². The van der Waals surface area contributed by atoms with Crippen LogP contribution in [0.5, 0.6) is 0 Å². The largest absolute Gasteiger partial charge is 1.00 e. The molecule has 0 saturated carbocycles. The Morgan fingerprint density at radius 2 is 1.80 bits per heavy atom. The molecule has 0 bridgehead atoms. The molecule has 3 nitrogen and oxygen atoms in total. The van der Waals surface area contributed by atoms with Gasteiger partial charge in [0.1, 0.15) is 11.8 Å². The minimum Gasteiger partial charge on any atom is -0.512 e. The fourth-order valence-electron chi connectivity index (χ4n) is 0.628. The predicted octanol–water partition coefficient (Wildman–Crippen LogP) is 2.07. The maximum absolute atomic E-state index is 11.9. The zero-order valence-corrected chi connectivity index (χ0v) is 7.95. The second-order valence-corrected chi connectivity index (χ2v) is 2.04. The molecule has 0 aliphatic rings. The predicted molar refractivity (Wildman–Crippen MR) is 38.9 cm³/mol. The molecule has 82 valence electrons. The Morgan fingerprint density at radius 3 is 2.07 bits per heavy atom. The summed E-state index contributed by atoms with van der Waals surface area (Å²) in [4.78, 5) is 3.28. The number of nitriles is 1. The van der Waals surface area contributed by atoms with E-state index in [2.05, 4.69) is 4.98 Å². The van der Waals surface area contributed by atoms with Crippen molar-refractivity contribution in [2.24, 2.45) is 0 Å². The SMILES string of the molecule is N#Cc1ccc(C(F)(F)F)cn1.[C-]#N.[Cu+]. The van der Waals surface area contributed by atoms with Gasteiger partial charge in [-0.25, -0.2) is 4.98 Å². The summed E-state index contributed by atoms with van der Waals surface area (Å²) in [5.74, 6) is 0. The molecule has 0 atom stereocenters. The fourth-order valence-corrected chi connectivity index (χ4v) is 0.628. The first-order valence-electron chi connectivity index (χ1n) is 3.20. The van der Waals surface area contributed by atoms with Gasteiger partial charge in [-0.2, -0.15) is 18.4 Å². The Kier molecular flexibility index (Phi) is 7.23. The summed E-state index contributed by atoms with van der Waals surface area (Å²) in [6.45, 7) is 4.75. The summed E-state index contributed by atoms with van der Waals surface area (Å²) in [5.41, 5.74) is -0.871. The van der Waals surface area contributed by atoms with Gasteiger partial charge in [0.05, 0.1) is 5.56 Å². The molecule has 1 heterocycles. The van der Waals surface area contributed by atoms with Crippen molar-refractivity contribution >= 4 is 0 Å². The molecule has 0 saturated heterocycles. The Morgan fingerprint density at radius 1 is 1.27 bits per heavy atom. The molecule has 0 aromatic carbocycles. The van der Waals surface area contributed by atoms with Gasteiger partial charge in [0, 0.05) is 6.20 Å². The van der Waals surface area contributed by atoms with Crippen molar-refractivity contribution < 1.29 is 30.2 Å². The molecule has 1 aromatic rings. The van der Waals surface area contributed by atoms with Gasteiger partial charge in [-0.15, -0.1) is 0 Å². The van der Waals surface area contributed by atoms with Gasteiger partial charge in [-0.3, -0.25) is 0 Å². The first kappa shape index (κ1) is 15.9. The topological polar surface area (TPSA) is 60.5 Å². The average Bonchev–Trinajstić information content (AvgIpc) is 2.20. The zero-order valence-electron chi connectivity index (χ0n) is 7.01. The van der Waals surface area contributed by atoms with E-state index in [0.717, 1.165) is 12.1 Å². The summed E-state index contributed by atoms with van der Waals surface area (Å²) < 4.78 is 35.7. The van der Waals surface area contributed by atoms with Crippen molar-refractivity contribution in [3.8, 4) is 6.07 Å². The van der Waals surface area contributed by atoms with Crippen LogP contribution in [0, 0.1) is 23.2 Å². The second kappa shape index (κ2) is 6.83. The van der Waals surface area contributed by atoms with Crippen LogP contribution in [0.25, 0.3) is 0 Å². The normalized spacial score (nSPS) is 8.80. The zero-order chi connectivity index (χ0) is 11.2. The van der Waals surface area contributed by atoms with Crippen LogP contribution in [-0.2, 0) is 23.2 Å². The van der Waals surface area contributed by atoms with E-state index in [1.165, 1.54) is 0 Å². The van der Waals surface area contributed by atoms with E-state index in [0.29, 0.717) is 6.20 Å². The third-order valence-corrected chi connectivity index (χ3v) is 1.21. The summed E-state index contributed by atoms with van der Waals surface area (Å²) in [5, 5.41) is 14.5. The molecule has 0 N–H and O–H groups in total. The number of aromatic nitrogens is 1. The monoisotopic (exact) mass is 261 g/mol. The van der Waals surface area contributed by atoms with Crippen molar-refractivity contribution in [2.75, 3.05) is 0 Å². The average molecular weight is 262 g/mol. The summed E-state index contributed by atoms with van der Waals surface area (Å²) >= 11 is 0. The van der Waals surface area contributed by atoms with Crippen LogP contribution < -0.4 is 0 Å². The molecular weight excluding hydrogens is 259 g/mol. The van der Waals surface area contributed by atoms with Crippen molar-refractivity contribution in [1.29, 1.82) is 10.5 Å². The van der Waals surface area contributed by atoms with Crippen molar-refractivity contribution in [3.63, 3.8) is 0 Å². The molecule has 0 aliphatic carbocycles. The fraction of sp³-hybridized carbons (Fsp3) is 0.125. The third-order valence-electron chi connectivity index (χ3n) is 1.21. The Bertz CT molecular complexity index is 350. The van der Waals surface area contributed by atoms with E-state index in [4.69, 9.17) is 17.1 Å². The maximum Gasteiger partial charge on any atom is 1.00 e. The molecule has 15 heavy (non-hydrogen) atoms. The van der Waals surface area contributed by atoms with E-state index in [9.17, 15) is 13.2 Å². The van der Waals surface area contributed by atoms with E-state index in [1.54, 1.807) is 6.07 Å². The van der Waals surface area contributed by atoms with E-state index in [-0.39, 0.29) is 22.8 Å². The molecule has 1 rings (SSSR count). The van der Waals surface area contributed by atoms with Crippen molar-refractivity contribution in [2.45, 2.75) is 6.18 Å². The number of hydrogen-bond donors (Lipinski definition) is 0. The van der Waals surface area contributed by atoms with Crippen LogP contribution in [0.2, 0.25) is 0 Å². The minimum absolute atomic E-state index is 0. The Labute approximate surface area is 94.6 Å². The molecule has 7 heteroatoms. The molecule has 1 aromatic heterocycles. The van der Waals surface area contributed by atoms with Crippen LogP contribution >= 0.6 is 0 Å². The van der Waals surface area contributed by atoms with E-state index >= 15 is 0 Å². The van der Waals surface area contributed by atoms with Gasteiger partial charge in [-0.1, -0.05) is 0 Å². The second-order valence-electron chi connectivity index (χ2n) is 2.04.